The predicted molar refractivity (Wildman–Crippen MR) is 94.3 cm³/mol. The first-order chi connectivity index (χ1) is 12.0. The van der Waals surface area contributed by atoms with Gasteiger partial charge in [-0.05, 0) is 18.1 Å². The lowest BCUT2D eigenvalue weighted by molar-refractivity contribution is -0.385. The number of hydrogen-bond acceptors (Lipinski definition) is 4. The van der Waals surface area contributed by atoms with E-state index >= 15 is 0 Å². The van der Waals surface area contributed by atoms with Gasteiger partial charge in [-0.2, -0.15) is 0 Å². The first-order valence-corrected chi connectivity index (χ1v) is 7.87. The van der Waals surface area contributed by atoms with Crippen LogP contribution in [0.3, 0.4) is 0 Å². The maximum absolute atomic E-state index is 11.9. The van der Waals surface area contributed by atoms with Crippen molar-refractivity contribution in [3.8, 4) is 0 Å². The van der Waals surface area contributed by atoms with Gasteiger partial charge >= 0.3 is 0 Å². The third kappa shape index (κ3) is 5.42. The van der Waals surface area contributed by atoms with Crippen LogP contribution in [0, 0.1) is 10.1 Å². The highest BCUT2D eigenvalue weighted by Gasteiger charge is 2.14. The molecule has 2 aromatic carbocycles. The number of carbonyl (C=O) groups excluding carboxylic acids is 2. The van der Waals surface area contributed by atoms with E-state index in [1.165, 1.54) is 6.07 Å². The summed E-state index contributed by atoms with van der Waals surface area (Å²) in [6.45, 7) is 1.62. The van der Waals surface area contributed by atoms with Crippen LogP contribution in [0.1, 0.15) is 18.1 Å². The van der Waals surface area contributed by atoms with E-state index in [-0.39, 0.29) is 24.6 Å². The molecule has 2 rings (SSSR count). The van der Waals surface area contributed by atoms with Crippen LogP contribution in [0.25, 0.3) is 0 Å². The monoisotopic (exact) mass is 341 g/mol. The summed E-state index contributed by atoms with van der Waals surface area (Å²) in [5.41, 5.74) is 1.74. The summed E-state index contributed by atoms with van der Waals surface area (Å²) < 4.78 is 0. The molecule has 2 N–H and O–H groups in total. The molecule has 0 heterocycles. The van der Waals surface area contributed by atoms with Crippen LogP contribution in [0.15, 0.2) is 48.5 Å². The molecule has 0 saturated carbocycles. The van der Waals surface area contributed by atoms with Gasteiger partial charge in [0, 0.05) is 17.3 Å². The summed E-state index contributed by atoms with van der Waals surface area (Å²) in [6, 6.07) is 13.7. The predicted octanol–water partition coefficient (Wildman–Crippen LogP) is 2.45. The Hall–Kier alpha value is -3.22. The van der Waals surface area contributed by atoms with Crippen molar-refractivity contribution in [2.45, 2.75) is 19.8 Å². The van der Waals surface area contributed by atoms with Gasteiger partial charge < -0.3 is 10.6 Å². The van der Waals surface area contributed by atoms with Gasteiger partial charge in [0.15, 0.2) is 0 Å². The zero-order chi connectivity index (χ0) is 18.2. The maximum Gasteiger partial charge on any atom is 0.274 e. The fraction of sp³-hybridized carbons (Fsp3) is 0.222. The minimum atomic E-state index is -0.476. The zero-order valence-electron chi connectivity index (χ0n) is 13.8. The number of nitro groups is 1. The van der Waals surface area contributed by atoms with E-state index < -0.39 is 10.8 Å². The van der Waals surface area contributed by atoms with Crippen LogP contribution in [0.2, 0.25) is 0 Å². The Kier molecular flexibility index (Phi) is 6.22. The number of amides is 2. The normalized spacial score (nSPS) is 10.1. The minimum absolute atomic E-state index is 0.0339. The highest BCUT2D eigenvalue weighted by atomic mass is 16.6. The summed E-state index contributed by atoms with van der Waals surface area (Å²) in [5.74, 6) is -0.714. The molecule has 0 spiro atoms. The van der Waals surface area contributed by atoms with Crippen molar-refractivity contribution in [2.24, 2.45) is 0 Å². The average Bonchev–Trinajstić information content (AvgIpc) is 2.60. The van der Waals surface area contributed by atoms with Crippen molar-refractivity contribution in [3.63, 3.8) is 0 Å². The molecule has 2 amide bonds. The first-order valence-electron chi connectivity index (χ1n) is 7.87. The van der Waals surface area contributed by atoms with Crippen LogP contribution in [0.5, 0.6) is 0 Å². The quantitative estimate of drug-likeness (QED) is 0.596. The fourth-order valence-corrected chi connectivity index (χ4v) is 2.34. The van der Waals surface area contributed by atoms with Crippen molar-refractivity contribution in [3.05, 3.63) is 69.8 Å². The number of nitrogens with zero attached hydrogens (tertiary/aromatic N) is 1. The first kappa shape index (κ1) is 18.1. The Morgan fingerprint density at radius 1 is 1.08 bits per heavy atom. The molecular weight excluding hydrogens is 322 g/mol. The van der Waals surface area contributed by atoms with Gasteiger partial charge in [0.2, 0.25) is 11.8 Å². The molecule has 0 aliphatic rings. The molecule has 0 saturated heterocycles. The van der Waals surface area contributed by atoms with Gasteiger partial charge in [-0.25, -0.2) is 0 Å². The van der Waals surface area contributed by atoms with Crippen LogP contribution < -0.4 is 10.6 Å². The van der Waals surface area contributed by atoms with E-state index in [2.05, 4.69) is 10.6 Å². The second-order valence-electron chi connectivity index (χ2n) is 5.44. The third-order valence-corrected chi connectivity index (χ3v) is 3.60. The Bertz CT molecular complexity index is 775. The number of aryl methyl sites for hydroxylation is 1. The van der Waals surface area contributed by atoms with E-state index in [4.69, 9.17) is 0 Å². The largest absolute Gasteiger partial charge is 0.347 e. The van der Waals surface area contributed by atoms with Gasteiger partial charge in [-0.15, -0.1) is 0 Å². The molecule has 0 atom stereocenters. The van der Waals surface area contributed by atoms with Crippen molar-refractivity contribution < 1.29 is 14.5 Å². The smallest absolute Gasteiger partial charge is 0.274 e. The molecular formula is C18H19N3O4. The second kappa shape index (κ2) is 8.58. The van der Waals surface area contributed by atoms with Gasteiger partial charge in [0.05, 0.1) is 17.9 Å². The Morgan fingerprint density at radius 2 is 1.80 bits per heavy atom. The number of anilines is 1. The molecule has 130 valence electrons. The van der Waals surface area contributed by atoms with Gasteiger partial charge in [-0.1, -0.05) is 43.3 Å². The Balaban J connectivity index is 1.89. The molecule has 0 unspecified atom stereocenters. The van der Waals surface area contributed by atoms with Crippen LogP contribution in [-0.4, -0.2) is 23.3 Å². The highest BCUT2D eigenvalue weighted by Crippen LogP contribution is 2.23. The molecule has 0 fully saturated rings. The van der Waals surface area contributed by atoms with Gasteiger partial charge in [0.1, 0.15) is 0 Å². The minimum Gasteiger partial charge on any atom is -0.347 e. The molecule has 0 aliphatic heterocycles. The number of nitro benzene ring substituents is 1. The summed E-state index contributed by atoms with van der Waals surface area (Å²) in [7, 11) is 0. The Morgan fingerprint density at radius 3 is 2.44 bits per heavy atom. The van der Waals surface area contributed by atoms with E-state index in [0.29, 0.717) is 17.7 Å². The molecule has 7 nitrogen and oxygen atoms in total. The molecule has 2 aromatic rings. The summed E-state index contributed by atoms with van der Waals surface area (Å²) in [5, 5.41) is 16.1. The summed E-state index contributed by atoms with van der Waals surface area (Å²) in [4.78, 5) is 34.3. The van der Waals surface area contributed by atoms with Crippen molar-refractivity contribution >= 4 is 23.2 Å². The molecule has 0 bridgehead atoms. The average molecular weight is 341 g/mol. The van der Waals surface area contributed by atoms with Crippen molar-refractivity contribution in [1.82, 2.24) is 5.32 Å². The van der Waals surface area contributed by atoms with Crippen molar-refractivity contribution in [2.75, 3.05) is 11.9 Å². The lowest BCUT2D eigenvalue weighted by atomic mass is 10.1. The zero-order valence-corrected chi connectivity index (χ0v) is 13.8. The number of benzene rings is 2. The van der Waals surface area contributed by atoms with Crippen molar-refractivity contribution in [1.29, 1.82) is 0 Å². The summed E-state index contributed by atoms with van der Waals surface area (Å²) >= 11 is 0. The van der Waals surface area contributed by atoms with E-state index in [1.807, 2.05) is 37.3 Å². The lowest BCUT2D eigenvalue weighted by Gasteiger charge is -2.08. The van der Waals surface area contributed by atoms with E-state index in [1.54, 1.807) is 12.1 Å². The molecule has 25 heavy (non-hydrogen) atoms. The molecule has 7 heteroatoms. The Labute approximate surface area is 145 Å². The highest BCUT2D eigenvalue weighted by molar-refractivity contribution is 5.95. The molecule has 0 radical (unpaired) electrons. The van der Waals surface area contributed by atoms with E-state index in [9.17, 15) is 19.7 Å². The van der Waals surface area contributed by atoms with Crippen LogP contribution in [-0.2, 0) is 22.4 Å². The number of rotatable bonds is 7. The topological polar surface area (TPSA) is 101 Å². The van der Waals surface area contributed by atoms with Gasteiger partial charge in [-0.3, -0.25) is 19.7 Å². The van der Waals surface area contributed by atoms with Gasteiger partial charge in [0.25, 0.3) is 5.69 Å². The molecule has 0 aliphatic carbocycles. The number of hydrogen-bond donors (Lipinski definition) is 2. The second-order valence-corrected chi connectivity index (χ2v) is 5.44. The number of nitrogens with one attached hydrogen (secondary N) is 2. The van der Waals surface area contributed by atoms with Crippen LogP contribution in [0.4, 0.5) is 11.4 Å². The van der Waals surface area contributed by atoms with E-state index in [0.717, 1.165) is 5.56 Å². The lowest BCUT2D eigenvalue weighted by Crippen LogP contribution is -2.33. The maximum atomic E-state index is 11.9. The standard InChI is InChI=1S/C18H19N3O4/c1-2-14-8-9-15(11-16(14)21(24)25)20-18(23)12-19-17(22)10-13-6-4-3-5-7-13/h3-9,11H,2,10,12H2,1H3,(H,19,22)(H,20,23). The summed E-state index contributed by atoms with van der Waals surface area (Å²) in [6.07, 6.45) is 0.713. The number of carbonyl (C=O) groups is 2. The SMILES string of the molecule is CCc1ccc(NC(=O)CNC(=O)Cc2ccccc2)cc1[N+](=O)[O-]. The third-order valence-electron chi connectivity index (χ3n) is 3.60. The van der Waals surface area contributed by atoms with Crippen LogP contribution >= 0.6 is 0 Å². The molecule has 0 aromatic heterocycles. The fourth-order valence-electron chi connectivity index (χ4n) is 2.34.